The van der Waals surface area contributed by atoms with Crippen LogP contribution in [-0.2, 0) is 27.2 Å². The van der Waals surface area contributed by atoms with Crippen molar-refractivity contribution in [1.29, 1.82) is 0 Å². The molecule has 29 heavy (non-hydrogen) atoms. The zero-order chi connectivity index (χ0) is 20.6. The molecule has 1 amide bonds. The lowest BCUT2D eigenvalue weighted by molar-refractivity contribution is -0.146. The minimum absolute atomic E-state index is 0.0302. The van der Waals surface area contributed by atoms with Crippen molar-refractivity contribution in [1.82, 2.24) is 0 Å². The second-order valence-electron chi connectivity index (χ2n) is 8.07. The highest BCUT2D eigenvalue weighted by Crippen LogP contribution is 2.52. The van der Waals surface area contributed by atoms with Crippen LogP contribution in [0.1, 0.15) is 24.0 Å². The van der Waals surface area contributed by atoms with Gasteiger partial charge in [-0.25, -0.2) is 0 Å². The van der Waals surface area contributed by atoms with Crippen LogP contribution in [-0.4, -0.2) is 23.6 Å². The summed E-state index contributed by atoms with van der Waals surface area (Å²) >= 11 is 0. The molecule has 1 saturated carbocycles. The number of carbonyl (C=O) groups is 2. The molecule has 1 aliphatic carbocycles. The molecular weight excluding hydrogens is 368 g/mol. The quantitative estimate of drug-likeness (QED) is 0.314. The molecule has 6 nitrogen and oxygen atoms in total. The number of aromatic hydroxyl groups is 1. The molecule has 1 saturated heterocycles. The molecule has 6 heteroatoms. The van der Waals surface area contributed by atoms with Gasteiger partial charge >= 0.3 is 5.97 Å². The van der Waals surface area contributed by atoms with Gasteiger partial charge in [-0.3, -0.25) is 9.59 Å². The van der Waals surface area contributed by atoms with Gasteiger partial charge in [0.25, 0.3) is 0 Å². The number of hydrogen-bond donors (Lipinski definition) is 3. The first kappa shape index (κ1) is 19.1. The summed E-state index contributed by atoms with van der Waals surface area (Å²) in [7, 11) is 0. The van der Waals surface area contributed by atoms with Gasteiger partial charge in [-0.2, -0.15) is 0 Å². The van der Waals surface area contributed by atoms with Gasteiger partial charge in [-0.05, 0) is 54.7 Å². The smallest absolute Gasteiger partial charge is 0.313 e. The summed E-state index contributed by atoms with van der Waals surface area (Å²) in [4.78, 5) is 24.7. The van der Waals surface area contributed by atoms with Crippen LogP contribution in [0.2, 0.25) is 0 Å². The number of fused-ring (bicyclic) bond motifs is 1. The Morgan fingerprint density at radius 3 is 2.69 bits per heavy atom. The second-order valence-corrected chi connectivity index (χ2v) is 8.07. The number of hydrogen-bond acceptors (Lipinski definition) is 5. The van der Waals surface area contributed by atoms with E-state index in [-0.39, 0.29) is 35.7 Å². The fourth-order valence-electron chi connectivity index (χ4n) is 4.42. The van der Waals surface area contributed by atoms with Gasteiger partial charge in [0.15, 0.2) is 0 Å². The summed E-state index contributed by atoms with van der Waals surface area (Å²) in [5, 5.41) is 12.5. The third kappa shape index (κ3) is 3.70. The highest BCUT2D eigenvalue weighted by Gasteiger charge is 2.55. The van der Waals surface area contributed by atoms with Crippen molar-refractivity contribution in [3.63, 3.8) is 0 Å². The van der Waals surface area contributed by atoms with Crippen LogP contribution < -0.4 is 11.1 Å². The molecule has 2 fully saturated rings. The van der Waals surface area contributed by atoms with Crippen molar-refractivity contribution < 1.29 is 19.4 Å². The lowest BCUT2D eigenvalue weighted by Gasteiger charge is -2.24. The number of carbonyl (C=O) groups excluding carboxylic acids is 2. The van der Waals surface area contributed by atoms with Crippen LogP contribution in [0.3, 0.4) is 0 Å². The summed E-state index contributed by atoms with van der Waals surface area (Å²) < 4.78 is 5.33. The number of nitrogens with two attached hydrogens (primary N) is 1. The molecule has 1 heterocycles. The van der Waals surface area contributed by atoms with E-state index in [2.05, 4.69) is 11.9 Å². The summed E-state index contributed by atoms with van der Waals surface area (Å²) in [6.45, 7) is 4.55. The monoisotopic (exact) mass is 392 g/mol. The van der Waals surface area contributed by atoms with E-state index in [9.17, 15) is 14.7 Å². The van der Waals surface area contributed by atoms with Crippen molar-refractivity contribution in [3.05, 3.63) is 65.7 Å². The van der Waals surface area contributed by atoms with E-state index >= 15 is 0 Å². The molecule has 4 N–H and O–H groups in total. The van der Waals surface area contributed by atoms with Crippen LogP contribution in [0.5, 0.6) is 5.75 Å². The van der Waals surface area contributed by atoms with Gasteiger partial charge in [0, 0.05) is 11.6 Å². The first-order valence-electron chi connectivity index (χ1n) is 9.66. The Bertz CT molecular complexity index is 983. The van der Waals surface area contributed by atoms with Gasteiger partial charge in [-0.1, -0.05) is 30.4 Å². The molecule has 0 bridgehead atoms. The number of nitrogen functional groups attached to an aromatic ring is 1. The van der Waals surface area contributed by atoms with Gasteiger partial charge in [0.05, 0.1) is 24.1 Å². The van der Waals surface area contributed by atoms with Crippen LogP contribution in [0.4, 0.5) is 11.4 Å². The number of allylic oxidation sites excluding steroid dienone is 1. The first-order valence-corrected chi connectivity index (χ1v) is 9.66. The highest BCUT2D eigenvalue weighted by atomic mass is 16.5. The number of cyclic esters (lactones) is 1. The van der Waals surface area contributed by atoms with Crippen molar-refractivity contribution in [2.45, 2.75) is 25.7 Å². The molecule has 0 spiro atoms. The molecule has 0 aromatic heterocycles. The Morgan fingerprint density at radius 2 is 1.97 bits per heavy atom. The van der Waals surface area contributed by atoms with E-state index in [1.165, 1.54) is 6.07 Å². The van der Waals surface area contributed by atoms with Crippen LogP contribution in [0, 0.1) is 11.3 Å². The van der Waals surface area contributed by atoms with Gasteiger partial charge < -0.3 is 20.9 Å². The van der Waals surface area contributed by atoms with E-state index in [1.807, 2.05) is 24.3 Å². The normalized spacial score (nSPS) is 23.0. The Morgan fingerprint density at radius 1 is 1.24 bits per heavy atom. The minimum atomic E-state index is -0.487. The number of esters is 1. The molecule has 2 atom stereocenters. The van der Waals surface area contributed by atoms with Crippen molar-refractivity contribution >= 4 is 23.3 Å². The number of amides is 1. The molecule has 0 radical (unpaired) electrons. The third-order valence-electron chi connectivity index (χ3n) is 5.92. The fraction of sp³-hybridized carbons (Fsp3) is 0.304. The fourth-order valence-corrected chi connectivity index (χ4v) is 4.42. The third-order valence-corrected chi connectivity index (χ3v) is 5.92. The lowest BCUT2D eigenvalue weighted by Crippen LogP contribution is -2.31. The average molecular weight is 392 g/mol. The molecular formula is C23H24N2O4. The molecule has 2 aliphatic rings. The van der Waals surface area contributed by atoms with Gasteiger partial charge in [0.1, 0.15) is 5.75 Å². The summed E-state index contributed by atoms with van der Waals surface area (Å²) in [6, 6.07) is 12.3. The first-order chi connectivity index (χ1) is 13.9. The number of anilines is 2. The van der Waals surface area contributed by atoms with Crippen molar-refractivity contribution in [2.24, 2.45) is 11.3 Å². The molecule has 150 valence electrons. The van der Waals surface area contributed by atoms with Crippen LogP contribution in [0.15, 0.2) is 54.6 Å². The Labute approximate surface area is 169 Å². The zero-order valence-corrected chi connectivity index (χ0v) is 16.1. The standard InChI is InChI=1S/C23H24N2O4/c1-14-8-17-13-29-22(28)23(17,11-14)12-15-2-5-18(6-3-15)25-21(27)10-16-4-7-19(24)20(26)9-16/h2-7,9,17,26H,1,8,10-13,24H2,(H,25,27). The molecule has 4 rings (SSSR count). The molecule has 1 aliphatic heterocycles. The number of rotatable bonds is 5. The second kappa shape index (κ2) is 7.28. The molecule has 2 aromatic rings. The Kier molecular flexibility index (Phi) is 4.78. The van der Waals surface area contributed by atoms with Crippen molar-refractivity contribution in [2.75, 3.05) is 17.7 Å². The summed E-state index contributed by atoms with van der Waals surface area (Å²) in [5.41, 5.74) is 8.88. The number of ether oxygens (including phenoxy) is 1. The zero-order valence-electron chi connectivity index (χ0n) is 16.1. The summed E-state index contributed by atoms with van der Waals surface area (Å²) in [6.07, 6.45) is 2.28. The maximum atomic E-state index is 12.4. The lowest BCUT2D eigenvalue weighted by atomic mass is 9.75. The maximum absolute atomic E-state index is 12.4. The Hall–Kier alpha value is -3.28. The topological polar surface area (TPSA) is 102 Å². The predicted octanol–water partition coefficient (Wildman–Crippen LogP) is 3.21. The predicted molar refractivity (Wildman–Crippen MR) is 110 cm³/mol. The van der Waals surface area contributed by atoms with E-state index in [1.54, 1.807) is 12.1 Å². The summed E-state index contributed by atoms with van der Waals surface area (Å²) in [5.74, 6) is -0.132. The largest absolute Gasteiger partial charge is 0.506 e. The van der Waals surface area contributed by atoms with Gasteiger partial charge in [-0.15, -0.1) is 0 Å². The highest BCUT2D eigenvalue weighted by molar-refractivity contribution is 5.92. The van der Waals surface area contributed by atoms with Gasteiger partial charge in [0.2, 0.25) is 5.91 Å². The SMILES string of the molecule is C=C1CC2COC(=O)C2(Cc2ccc(NC(=O)Cc3ccc(N)c(O)c3)cc2)C1. The number of phenols is 1. The Balaban J connectivity index is 1.40. The van der Waals surface area contributed by atoms with Crippen LogP contribution in [0.25, 0.3) is 0 Å². The minimum Gasteiger partial charge on any atom is -0.506 e. The van der Waals surface area contributed by atoms with E-state index in [0.717, 1.165) is 17.6 Å². The maximum Gasteiger partial charge on any atom is 0.313 e. The van der Waals surface area contributed by atoms with E-state index in [4.69, 9.17) is 10.5 Å². The molecule has 2 unspecified atom stereocenters. The number of nitrogens with one attached hydrogen (secondary N) is 1. The molecule has 2 aromatic carbocycles. The number of phenolic OH excluding ortho intramolecular Hbond substituents is 1. The van der Waals surface area contributed by atoms with E-state index < -0.39 is 5.41 Å². The van der Waals surface area contributed by atoms with Crippen LogP contribution >= 0.6 is 0 Å². The average Bonchev–Trinajstić information content (AvgIpc) is 3.14. The van der Waals surface area contributed by atoms with E-state index in [0.29, 0.717) is 30.7 Å². The number of benzene rings is 2. The van der Waals surface area contributed by atoms with Crippen molar-refractivity contribution in [3.8, 4) is 5.75 Å².